The maximum Gasteiger partial charge on any atom is 0.249 e. The summed E-state index contributed by atoms with van der Waals surface area (Å²) in [6, 6.07) is 30.3. The van der Waals surface area contributed by atoms with Crippen molar-refractivity contribution in [2.24, 2.45) is 10.9 Å². The number of aromatic nitrogens is 1. The Morgan fingerprint density at radius 2 is 1.53 bits per heavy atom. The number of thiazole rings is 1. The standard InChI is InChI=1S/C40H43N5O3S3/c1-27(2)35-36(47)42-31(23-33(46)41-24-34-43-32(25-49-34)37-45-39(3,26-50-37)38(48)44-35)21-13-14-22-51-40(28-15-7-4-8-16-28,29-17-9-5-10-18-29)30-19-11-6-12-20-30/h4-13,15-21,25,27,31,35H,14,22-24,26H2,1-3H3,(H,41,46)(H,42,47)(H,44,48)/t31?,35?,39-/m0/s1. The lowest BCUT2D eigenvalue weighted by molar-refractivity contribution is -0.132. The van der Waals surface area contributed by atoms with Crippen LogP contribution < -0.4 is 16.0 Å². The van der Waals surface area contributed by atoms with Gasteiger partial charge in [0.2, 0.25) is 17.7 Å². The Hall–Kier alpha value is -4.19. The zero-order valence-electron chi connectivity index (χ0n) is 29.0. The molecule has 2 unspecified atom stereocenters. The van der Waals surface area contributed by atoms with Crippen LogP contribution >= 0.6 is 34.9 Å². The first-order chi connectivity index (χ1) is 24.7. The minimum absolute atomic E-state index is 0.0502. The second kappa shape index (κ2) is 16.4. The summed E-state index contributed by atoms with van der Waals surface area (Å²) < 4.78 is -0.439. The van der Waals surface area contributed by atoms with E-state index in [9.17, 15) is 14.4 Å². The van der Waals surface area contributed by atoms with Gasteiger partial charge in [0, 0.05) is 11.1 Å². The Kier molecular flexibility index (Phi) is 11.8. The molecule has 3 heterocycles. The predicted molar refractivity (Wildman–Crippen MR) is 210 cm³/mol. The highest BCUT2D eigenvalue weighted by molar-refractivity contribution is 8.14. The van der Waals surface area contributed by atoms with E-state index in [1.54, 1.807) is 6.92 Å². The number of hydrogen-bond donors (Lipinski definition) is 3. The molecule has 0 saturated carbocycles. The lowest BCUT2D eigenvalue weighted by Crippen LogP contribution is -2.56. The van der Waals surface area contributed by atoms with Crippen LogP contribution in [0.4, 0.5) is 0 Å². The van der Waals surface area contributed by atoms with Gasteiger partial charge in [0.15, 0.2) is 0 Å². The van der Waals surface area contributed by atoms with Crippen molar-refractivity contribution in [3.63, 3.8) is 0 Å². The minimum Gasteiger partial charge on any atom is -0.350 e. The van der Waals surface area contributed by atoms with Gasteiger partial charge in [-0.05, 0) is 41.7 Å². The minimum atomic E-state index is -1.02. The van der Waals surface area contributed by atoms with Crippen molar-refractivity contribution in [1.29, 1.82) is 0 Å². The van der Waals surface area contributed by atoms with Crippen molar-refractivity contribution >= 4 is 57.6 Å². The number of hydrogen-bond acceptors (Lipinski definition) is 8. The van der Waals surface area contributed by atoms with Crippen LogP contribution in [0.1, 0.15) is 61.0 Å². The van der Waals surface area contributed by atoms with Gasteiger partial charge in [-0.3, -0.25) is 19.4 Å². The smallest absolute Gasteiger partial charge is 0.249 e. The van der Waals surface area contributed by atoms with Gasteiger partial charge in [-0.25, -0.2) is 4.98 Å². The van der Waals surface area contributed by atoms with Crippen LogP contribution in [0.3, 0.4) is 0 Å². The Balaban J connectivity index is 1.23. The molecule has 0 radical (unpaired) electrons. The molecular weight excluding hydrogens is 695 g/mol. The van der Waals surface area contributed by atoms with E-state index in [0.717, 1.165) is 10.8 Å². The third kappa shape index (κ3) is 8.48. The molecule has 2 aliphatic rings. The normalized spacial score (nSPS) is 21.6. The van der Waals surface area contributed by atoms with E-state index >= 15 is 0 Å². The van der Waals surface area contributed by atoms with Gasteiger partial charge in [0.05, 0.1) is 23.8 Å². The molecule has 6 rings (SSSR count). The number of thioether (sulfide) groups is 2. The van der Waals surface area contributed by atoms with Crippen molar-refractivity contribution in [2.75, 3.05) is 11.5 Å². The van der Waals surface area contributed by atoms with Gasteiger partial charge in [-0.15, -0.1) is 34.9 Å². The van der Waals surface area contributed by atoms with Crippen LogP contribution in [0.15, 0.2) is 114 Å². The molecule has 11 heteroatoms. The van der Waals surface area contributed by atoms with Crippen LogP contribution in [0, 0.1) is 5.92 Å². The van der Waals surface area contributed by atoms with Crippen molar-refractivity contribution in [1.82, 2.24) is 20.9 Å². The highest BCUT2D eigenvalue weighted by Gasteiger charge is 2.41. The molecule has 1 aromatic heterocycles. The summed E-state index contributed by atoms with van der Waals surface area (Å²) in [5.74, 6) is 0.199. The average Bonchev–Trinajstić information content (AvgIpc) is 3.79. The van der Waals surface area contributed by atoms with Crippen LogP contribution in [-0.4, -0.2) is 56.9 Å². The molecule has 8 nitrogen and oxygen atoms in total. The van der Waals surface area contributed by atoms with Gasteiger partial charge in [0.25, 0.3) is 0 Å². The Morgan fingerprint density at radius 1 is 0.922 bits per heavy atom. The number of nitrogens with zero attached hydrogens (tertiary/aromatic N) is 2. The van der Waals surface area contributed by atoms with Crippen LogP contribution in [0.25, 0.3) is 0 Å². The second-order valence-electron chi connectivity index (χ2n) is 13.2. The van der Waals surface area contributed by atoms with E-state index < -0.39 is 22.4 Å². The van der Waals surface area contributed by atoms with Crippen LogP contribution in [-0.2, 0) is 25.7 Å². The summed E-state index contributed by atoms with van der Waals surface area (Å²) in [7, 11) is 0. The van der Waals surface area contributed by atoms with Crippen molar-refractivity contribution in [2.45, 2.75) is 62.5 Å². The molecular formula is C40H43N5O3S3. The highest BCUT2D eigenvalue weighted by atomic mass is 32.2. The first-order valence-electron chi connectivity index (χ1n) is 17.2. The number of carbonyl (C=O) groups is 3. The molecule has 264 valence electrons. The van der Waals surface area contributed by atoms with Crippen LogP contribution in [0.5, 0.6) is 0 Å². The fourth-order valence-corrected chi connectivity index (χ4v) is 9.66. The third-order valence-corrected chi connectivity index (χ3v) is 12.7. The maximum atomic E-state index is 13.8. The Morgan fingerprint density at radius 3 is 2.12 bits per heavy atom. The number of carbonyl (C=O) groups excluding carboxylic acids is 3. The number of nitrogens with one attached hydrogen (secondary N) is 3. The molecule has 4 bridgehead atoms. The van der Waals surface area contributed by atoms with E-state index in [-0.39, 0.29) is 36.6 Å². The summed E-state index contributed by atoms with van der Waals surface area (Å²) in [5, 5.41) is 12.4. The Labute approximate surface area is 312 Å². The topological polar surface area (TPSA) is 113 Å². The van der Waals surface area contributed by atoms with E-state index in [1.807, 2.05) is 61.3 Å². The van der Waals surface area contributed by atoms with Crippen molar-refractivity contribution < 1.29 is 14.4 Å². The zero-order chi connectivity index (χ0) is 35.8. The summed E-state index contributed by atoms with van der Waals surface area (Å²) >= 11 is 4.78. The monoisotopic (exact) mass is 737 g/mol. The SMILES string of the molecule is CC(C)C1NC(=O)[C@]2(C)CSC(=N2)c2csc(n2)CNC(=O)CC(C=CCCSC(c2ccccc2)(c2ccccc2)c2ccccc2)NC1=O. The van der Waals surface area contributed by atoms with Crippen molar-refractivity contribution in [3.8, 4) is 0 Å². The van der Waals surface area contributed by atoms with Gasteiger partial charge in [-0.2, -0.15) is 0 Å². The quantitative estimate of drug-likeness (QED) is 0.100. The molecule has 3 aromatic carbocycles. The largest absolute Gasteiger partial charge is 0.350 e. The number of benzene rings is 3. The predicted octanol–water partition coefficient (Wildman–Crippen LogP) is 6.71. The molecule has 0 aliphatic carbocycles. The van der Waals surface area contributed by atoms with Gasteiger partial charge in [0.1, 0.15) is 27.3 Å². The number of rotatable bonds is 9. The molecule has 0 saturated heterocycles. The summed E-state index contributed by atoms with van der Waals surface area (Å²) in [6.07, 6.45) is 4.70. The van der Waals surface area contributed by atoms with Gasteiger partial charge >= 0.3 is 0 Å². The van der Waals surface area contributed by atoms with Crippen molar-refractivity contribution in [3.05, 3.63) is 136 Å². The van der Waals surface area contributed by atoms with E-state index in [1.165, 1.54) is 39.8 Å². The molecule has 3 atom stereocenters. The molecule has 51 heavy (non-hydrogen) atoms. The summed E-state index contributed by atoms with van der Waals surface area (Å²) in [6.45, 7) is 5.86. The number of fused-ring (bicyclic) bond motifs is 4. The van der Waals surface area contributed by atoms with Gasteiger partial charge in [-0.1, -0.05) is 117 Å². The molecule has 3 N–H and O–H groups in total. The molecule has 4 aromatic rings. The highest BCUT2D eigenvalue weighted by Crippen LogP contribution is 2.48. The fourth-order valence-electron chi connectivity index (χ4n) is 6.26. The van der Waals surface area contributed by atoms with E-state index in [0.29, 0.717) is 22.9 Å². The summed E-state index contributed by atoms with van der Waals surface area (Å²) in [5.41, 5.74) is 3.26. The Bertz CT molecular complexity index is 1780. The number of aliphatic imine (C=N–C) groups is 1. The van der Waals surface area contributed by atoms with Crippen LogP contribution in [0.2, 0.25) is 0 Å². The first kappa shape index (κ1) is 36.6. The number of amides is 3. The van der Waals surface area contributed by atoms with Gasteiger partial charge < -0.3 is 16.0 Å². The van der Waals surface area contributed by atoms with E-state index in [4.69, 9.17) is 4.99 Å². The molecule has 2 aliphatic heterocycles. The molecule has 0 fully saturated rings. The molecule has 0 spiro atoms. The zero-order valence-corrected chi connectivity index (χ0v) is 31.5. The first-order valence-corrected chi connectivity index (χ1v) is 20.1. The van der Waals surface area contributed by atoms with E-state index in [2.05, 4.69) is 93.7 Å². The summed E-state index contributed by atoms with van der Waals surface area (Å²) in [4.78, 5) is 50.0. The second-order valence-corrected chi connectivity index (χ2v) is 16.5. The lowest BCUT2D eigenvalue weighted by atomic mass is 9.84. The fraction of sp³-hybridized carbons (Fsp3) is 0.325. The number of allylic oxidation sites excluding steroid dienone is 1. The third-order valence-electron chi connectivity index (χ3n) is 9.02. The maximum absolute atomic E-state index is 13.8. The average molecular weight is 738 g/mol. The lowest BCUT2D eigenvalue weighted by Gasteiger charge is -2.35. The molecule has 3 amide bonds.